The number of carbonyl (C=O) groups is 2. The summed E-state index contributed by atoms with van der Waals surface area (Å²) in [6.07, 6.45) is 2.67. The van der Waals surface area contributed by atoms with Gasteiger partial charge in [-0.25, -0.2) is 4.79 Å². The zero-order chi connectivity index (χ0) is 15.6. The van der Waals surface area contributed by atoms with Crippen LogP contribution in [0.1, 0.15) is 54.1 Å². The number of aliphatic carboxylic acids is 1. The number of rotatable bonds is 3. The van der Waals surface area contributed by atoms with Crippen molar-refractivity contribution in [1.29, 1.82) is 0 Å². The van der Waals surface area contributed by atoms with Crippen LogP contribution in [0, 0.1) is 19.8 Å². The van der Waals surface area contributed by atoms with Crippen LogP contribution < -0.4 is 5.32 Å². The van der Waals surface area contributed by atoms with Gasteiger partial charge in [-0.2, -0.15) is 0 Å². The van der Waals surface area contributed by atoms with Crippen molar-refractivity contribution in [2.45, 2.75) is 52.0 Å². The van der Waals surface area contributed by atoms with Crippen LogP contribution in [0.25, 0.3) is 0 Å². The highest BCUT2D eigenvalue weighted by Crippen LogP contribution is 2.32. The maximum absolute atomic E-state index is 12.4. The van der Waals surface area contributed by atoms with E-state index in [-0.39, 0.29) is 5.91 Å². The largest absolute Gasteiger partial charge is 0.480 e. The molecule has 0 saturated heterocycles. The van der Waals surface area contributed by atoms with Crippen LogP contribution in [-0.2, 0) is 4.79 Å². The summed E-state index contributed by atoms with van der Waals surface area (Å²) in [5.74, 6) is -0.697. The molecule has 1 fully saturated rings. The predicted octanol–water partition coefficient (Wildman–Crippen LogP) is 3.07. The Balaban J connectivity index is 2.19. The monoisotopic (exact) mass is 289 g/mol. The zero-order valence-electron chi connectivity index (χ0n) is 12.9. The lowest BCUT2D eigenvalue weighted by Crippen LogP contribution is -2.56. The molecular weight excluding hydrogens is 266 g/mol. The summed E-state index contributed by atoms with van der Waals surface area (Å²) in [5, 5.41) is 12.3. The first-order valence-corrected chi connectivity index (χ1v) is 7.47. The molecule has 0 aromatic heterocycles. The van der Waals surface area contributed by atoms with Crippen LogP contribution in [0.2, 0.25) is 0 Å². The van der Waals surface area contributed by atoms with Gasteiger partial charge in [0, 0.05) is 5.56 Å². The molecule has 4 heteroatoms. The summed E-state index contributed by atoms with van der Waals surface area (Å²) in [5.41, 5.74) is 1.56. The van der Waals surface area contributed by atoms with Crippen LogP contribution in [0.4, 0.5) is 0 Å². The van der Waals surface area contributed by atoms with Gasteiger partial charge in [0.05, 0.1) is 0 Å². The minimum Gasteiger partial charge on any atom is -0.480 e. The quantitative estimate of drug-likeness (QED) is 0.898. The van der Waals surface area contributed by atoms with E-state index in [2.05, 4.69) is 12.2 Å². The third kappa shape index (κ3) is 3.26. The van der Waals surface area contributed by atoms with Crippen molar-refractivity contribution < 1.29 is 14.7 Å². The van der Waals surface area contributed by atoms with Gasteiger partial charge in [0.15, 0.2) is 0 Å². The molecule has 2 N–H and O–H groups in total. The Kier molecular flexibility index (Phi) is 4.35. The summed E-state index contributed by atoms with van der Waals surface area (Å²) in [6, 6.07) is 5.45. The van der Waals surface area contributed by atoms with Gasteiger partial charge in [0.25, 0.3) is 5.91 Å². The maximum atomic E-state index is 12.4. The second-order valence-electron chi connectivity index (χ2n) is 6.32. The fourth-order valence-electron chi connectivity index (χ4n) is 2.82. The first-order chi connectivity index (χ1) is 9.84. The fraction of sp³-hybridized carbons (Fsp3) is 0.529. The summed E-state index contributed by atoms with van der Waals surface area (Å²) in [7, 11) is 0. The van der Waals surface area contributed by atoms with E-state index in [4.69, 9.17) is 0 Å². The normalized spacial score (nSPS) is 25.4. The summed E-state index contributed by atoms with van der Waals surface area (Å²) in [6.45, 7) is 6.05. The van der Waals surface area contributed by atoms with Crippen molar-refractivity contribution in [3.63, 3.8) is 0 Å². The van der Waals surface area contributed by atoms with Crippen molar-refractivity contribution >= 4 is 11.9 Å². The van der Waals surface area contributed by atoms with Crippen molar-refractivity contribution in [1.82, 2.24) is 5.32 Å². The van der Waals surface area contributed by atoms with Crippen LogP contribution in [0.3, 0.4) is 0 Å². The smallest absolute Gasteiger partial charge is 0.329 e. The van der Waals surface area contributed by atoms with Crippen LogP contribution in [-0.4, -0.2) is 22.5 Å². The van der Waals surface area contributed by atoms with Gasteiger partial charge in [-0.15, -0.1) is 0 Å². The van der Waals surface area contributed by atoms with Gasteiger partial charge in [0.1, 0.15) is 5.54 Å². The summed E-state index contributed by atoms with van der Waals surface area (Å²) >= 11 is 0. The molecule has 1 aliphatic rings. The highest BCUT2D eigenvalue weighted by molar-refractivity contribution is 5.98. The molecule has 1 aromatic rings. The molecule has 1 saturated carbocycles. The number of hydrogen-bond donors (Lipinski definition) is 2. The van der Waals surface area contributed by atoms with Gasteiger partial charge in [-0.3, -0.25) is 4.79 Å². The Bertz CT molecular complexity index is 557. The first kappa shape index (κ1) is 15.5. The molecule has 0 bridgehead atoms. The molecule has 21 heavy (non-hydrogen) atoms. The SMILES string of the molecule is Cc1ccc(C(=O)NC2(C(=O)O)CCC(C)CC2)cc1C. The topological polar surface area (TPSA) is 66.4 Å². The Morgan fingerprint density at radius 2 is 1.81 bits per heavy atom. The molecule has 0 atom stereocenters. The number of carbonyl (C=O) groups excluding carboxylic acids is 1. The molecule has 0 radical (unpaired) electrons. The lowest BCUT2D eigenvalue weighted by atomic mass is 9.77. The summed E-state index contributed by atoms with van der Waals surface area (Å²) < 4.78 is 0. The van der Waals surface area contributed by atoms with Crippen molar-refractivity contribution in [2.24, 2.45) is 5.92 Å². The Morgan fingerprint density at radius 1 is 1.19 bits per heavy atom. The minimum absolute atomic E-state index is 0.296. The van der Waals surface area contributed by atoms with Crippen molar-refractivity contribution in [3.8, 4) is 0 Å². The number of benzene rings is 1. The van der Waals surface area contributed by atoms with E-state index in [0.29, 0.717) is 24.3 Å². The molecule has 0 aliphatic heterocycles. The Labute approximate surface area is 125 Å². The van der Waals surface area contributed by atoms with Crippen LogP contribution >= 0.6 is 0 Å². The van der Waals surface area contributed by atoms with Gasteiger partial charge in [-0.05, 0) is 68.7 Å². The number of aryl methyl sites for hydroxylation is 2. The van der Waals surface area contributed by atoms with E-state index >= 15 is 0 Å². The third-order valence-electron chi connectivity index (χ3n) is 4.66. The fourth-order valence-corrected chi connectivity index (χ4v) is 2.82. The standard InChI is InChI=1S/C17H23NO3/c1-11-6-8-17(9-7-11,16(20)21)18-15(19)14-5-4-12(2)13(3)10-14/h4-5,10-11H,6-9H2,1-3H3,(H,18,19)(H,20,21). The van der Waals surface area contributed by atoms with Gasteiger partial charge in [-0.1, -0.05) is 13.0 Å². The Morgan fingerprint density at radius 3 is 2.33 bits per heavy atom. The number of amides is 1. The first-order valence-electron chi connectivity index (χ1n) is 7.47. The van der Waals surface area contributed by atoms with Crippen LogP contribution in [0.15, 0.2) is 18.2 Å². The number of carboxylic acids is 1. The van der Waals surface area contributed by atoms with Gasteiger partial charge >= 0.3 is 5.97 Å². The maximum Gasteiger partial charge on any atom is 0.329 e. The van der Waals surface area contributed by atoms with E-state index < -0.39 is 11.5 Å². The lowest BCUT2D eigenvalue weighted by molar-refractivity contribution is -0.146. The second-order valence-corrected chi connectivity index (χ2v) is 6.32. The predicted molar refractivity (Wildman–Crippen MR) is 81.4 cm³/mol. The Hall–Kier alpha value is -1.84. The van der Waals surface area contributed by atoms with Gasteiger partial charge in [0.2, 0.25) is 0 Å². The second kappa shape index (κ2) is 5.88. The molecule has 1 aromatic carbocycles. The van der Waals surface area contributed by atoms with Crippen LogP contribution in [0.5, 0.6) is 0 Å². The molecule has 1 amide bonds. The van der Waals surface area contributed by atoms with Crippen molar-refractivity contribution in [2.75, 3.05) is 0 Å². The molecule has 4 nitrogen and oxygen atoms in total. The van der Waals surface area contributed by atoms with Gasteiger partial charge < -0.3 is 10.4 Å². The minimum atomic E-state index is -1.11. The zero-order valence-corrected chi connectivity index (χ0v) is 12.9. The van der Waals surface area contributed by atoms with E-state index in [1.165, 1.54) is 0 Å². The molecular formula is C17H23NO3. The molecule has 0 heterocycles. The van der Waals surface area contributed by atoms with E-state index in [1.54, 1.807) is 6.07 Å². The van der Waals surface area contributed by atoms with Crippen molar-refractivity contribution in [3.05, 3.63) is 34.9 Å². The van der Waals surface area contributed by atoms with E-state index in [9.17, 15) is 14.7 Å². The molecule has 0 unspecified atom stereocenters. The average Bonchev–Trinajstić information content (AvgIpc) is 2.44. The average molecular weight is 289 g/mol. The molecule has 1 aliphatic carbocycles. The molecule has 114 valence electrons. The summed E-state index contributed by atoms with van der Waals surface area (Å²) in [4.78, 5) is 24.0. The highest BCUT2D eigenvalue weighted by Gasteiger charge is 2.42. The third-order valence-corrected chi connectivity index (χ3v) is 4.66. The number of carboxylic acid groups (broad SMARTS) is 1. The van der Waals surface area contributed by atoms with E-state index in [0.717, 1.165) is 24.0 Å². The number of nitrogens with one attached hydrogen (secondary N) is 1. The van der Waals surface area contributed by atoms with E-state index in [1.807, 2.05) is 26.0 Å². The molecule has 2 rings (SSSR count). The highest BCUT2D eigenvalue weighted by atomic mass is 16.4. The lowest BCUT2D eigenvalue weighted by Gasteiger charge is -2.36. The molecule has 0 spiro atoms. The number of hydrogen-bond acceptors (Lipinski definition) is 2.